The molecule has 5 nitrogen and oxygen atoms in total. The van der Waals surface area contributed by atoms with Crippen molar-refractivity contribution in [3.8, 4) is 0 Å². The Morgan fingerprint density at radius 1 is 1.22 bits per heavy atom. The summed E-state index contributed by atoms with van der Waals surface area (Å²) >= 11 is 0. The van der Waals surface area contributed by atoms with Crippen LogP contribution in [0.5, 0.6) is 0 Å². The van der Waals surface area contributed by atoms with E-state index in [-0.39, 0.29) is 19.1 Å². The first kappa shape index (κ1) is 15.5. The average molecular weight is 313 g/mol. The molecule has 1 heterocycles. The van der Waals surface area contributed by atoms with E-state index < -0.39 is 11.9 Å². The first-order valence-corrected chi connectivity index (χ1v) is 7.51. The molecule has 23 heavy (non-hydrogen) atoms. The summed E-state index contributed by atoms with van der Waals surface area (Å²) in [5, 5.41) is 11.3. The molecular formula is C18H19NO4. The van der Waals surface area contributed by atoms with E-state index >= 15 is 0 Å². The molecule has 1 fully saturated rings. The van der Waals surface area contributed by atoms with Gasteiger partial charge in [0.1, 0.15) is 6.61 Å². The van der Waals surface area contributed by atoms with Crippen LogP contribution in [0.2, 0.25) is 0 Å². The van der Waals surface area contributed by atoms with Crippen molar-refractivity contribution >= 4 is 6.09 Å². The molecule has 0 aliphatic carbocycles. The van der Waals surface area contributed by atoms with Crippen molar-refractivity contribution in [1.82, 2.24) is 5.06 Å². The average Bonchev–Trinajstić information content (AvgIpc) is 2.90. The topological polar surface area (TPSA) is 59.0 Å². The van der Waals surface area contributed by atoms with Crippen molar-refractivity contribution in [2.45, 2.75) is 31.8 Å². The highest BCUT2D eigenvalue weighted by Crippen LogP contribution is 2.39. The number of hydrogen-bond donors (Lipinski definition) is 1. The molecule has 3 rings (SSSR count). The fraction of sp³-hybridized carbons (Fsp3) is 0.278. The Balaban J connectivity index is 1.72. The van der Waals surface area contributed by atoms with Crippen LogP contribution in [0.1, 0.15) is 30.5 Å². The van der Waals surface area contributed by atoms with Crippen LogP contribution in [0.3, 0.4) is 0 Å². The van der Waals surface area contributed by atoms with E-state index in [1.54, 1.807) is 0 Å². The summed E-state index contributed by atoms with van der Waals surface area (Å²) in [4.78, 5) is 17.7. The van der Waals surface area contributed by atoms with Crippen LogP contribution in [0.25, 0.3) is 0 Å². The molecule has 1 aliphatic heterocycles. The summed E-state index contributed by atoms with van der Waals surface area (Å²) in [6.45, 7) is 1.69. The third-order valence-electron chi connectivity index (χ3n) is 3.72. The molecule has 0 saturated carbocycles. The summed E-state index contributed by atoms with van der Waals surface area (Å²) in [5.41, 5.74) is 1.78. The predicted molar refractivity (Wildman–Crippen MR) is 84.0 cm³/mol. The molecule has 1 N–H and O–H groups in total. The zero-order chi connectivity index (χ0) is 16.3. The summed E-state index contributed by atoms with van der Waals surface area (Å²) < 4.78 is 5.31. The molecule has 0 spiro atoms. The predicted octanol–water partition coefficient (Wildman–Crippen LogP) is 3.41. The molecule has 0 radical (unpaired) electrons. The van der Waals surface area contributed by atoms with E-state index in [4.69, 9.17) is 9.57 Å². The van der Waals surface area contributed by atoms with Crippen LogP contribution in [0.4, 0.5) is 4.79 Å². The van der Waals surface area contributed by atoms with Crippen LogP contribution in [-0.2, 0) is 16.2 Å². The van der Waals surface area contributed by atoms with E-state index in [0.717, 1.165) is 16.2 Å². The quantitative estimate of drug-likeness (QED) is 0.943. The van der Waals surface area contributed by atoms with Crippen molar-refractivity contribution < 1.29 is 19.5 Å². The fourth-order valence-corrected chi connectivity index (χ4v) is 2.63. The van der Waals surface area contributed by atoms with Crippen LogP contribution in [-0.4, -0.2) is 22.1 Å². The van der Waals surface area contributed by atoms with Crippen LogP contribution in [0.15, 0.2) is 60.7 Å². The van der Waals surface area contributed by atoms with Crippen LogP contribution < -0.4 is 0 Å². The van der Waals surface area contributed by atoms with Crippen LogP contribution >= 0.6 is 0 Å². The zero-order valence-corrected chi connectivity index (χ0v) is 12.9. The molecular weight excluding hydrogens is 294 g/mol. The smallest absolute Gasteiger partial charge is 0.434 e. The molecule has 1 aliphatic rings. The third kappa shape index (κ3) is 3.70. The van der Waals surface area contributed by atoms with Gasteiger partial charge in [0.2, 0.25) is 0 Å². The molecule has 2 aromatic carbocycles. The standard InChI is InChI=1S/C18H19NO4/c1-18(21)12-16(15-10-6-3-7-11-15)19(23-18)17(20)22-13-14-8-4-2-5-9-14/h2-11,16,21H,12-13H2,1H3/t16?,18-/m0/s1. The van der Waals surface area contributed by atoms with Gasteiger partial charge < -0.3 is 9.84 Å². The number of amides is 1. The fourth-order valence-electron chi connectivity index (χ4n) is 2.63. The Bertz CT molecular complexity index is 657. The number of ether oxygens (including phenoxy) is 1. The summed E-state index contributed by atoms with van der Waals surface area (Å²) in [6.07, 6.45) is -0.322. The normalized spacial score (nSPS) is 23.7. The Labute approximate surface area is 135 Å². The minimum Gasteiger partial charge on any atom is -0.443 e. The number of aliphatic hydroxyl groups is 1. The second kappa shape index (κ2) is 6.40. The molecule has 0 aromatic heterocycles. The minimum atomic E-state index is -1.40. The Morgan fingerprint density at radius 2 is 1.83 bits per heavy atom. The number of carbonyl (C=O) groups is 1. The summed E-state index contributed by atoms with van der Waals surface area (Å²) in [7, 11) is 0. The molecule has 1 amide bonds. The molecule has 1 saturated heterocycles. The highest BCUT2D eigenvalue weighted by Gasteiger charge is 2.45. The Hall–Kier alpha value is -2.37. The van der Waals surface area contributed by atoms with Crippen molar-refractivity contribution in [2.24, 2.45) is 0 Å². The third-order valence-corrected chi connectivity index (χ3v) is 3.72. The van der Waals surface area contributed by atoms with Crippen molar-refractivity contribution in [2.75, 3.05) is 0 Å². The number of rotatable bonds is 3. The van der Waals surface area contributed by atoms with E-state index in [2.05, 4.69) is 0 Å². The zero-order valence-electron chi connectivity index (χ0n) is 12.9. The van der Waals surface area contributed by atoms with Gasteiger partial charge in [0.25, 0.3) is 0 Å². The van der Waals surface area contributed by atoms with E-state index in [9.17, 15) is 9.90 Å². The maximum atomic E-state index is 12.4. The van der Waals surface area contributed by atoms with Gasteiger partial charge >= 0.3 is 6.09 Å². The molecule has 0 bridgehead atoms. The molecule has 2 aromatic rings. The van der Waals surface area contributed by atoms with E-state index in [0.29, 0.717) is 0 Å². The number of hydrogen-bond acceptors (Lipinski definition) is 4. The molecule has 5 heteroatoms. The minimum absolute atomic E-state index is 0.156. The summed E-state index contributed by atoms with van der Waals surface area (Å²) in [5.74, 6) is -1.40. The lowest BCUT2D eigenvalue weighted by molar-refractivity contribution is -0.261. The van der Waals surface area contributed by atoms with Crippen molar-refractivity contribution in [1.29, 1.82) is 0 Å². The second-order valence-electron chi connectivity index (χ2n) is 5.76. The van der Waals surface area contributed by atoms with Crippen molar-refractivity contribution in [3.05, 3.63) is 71.8 Å². The van der Waals surface area contributed by atoms with Crippen molar-refractivity contribution in [3.63, 3.8) is 0 Å². The molecule has 1 unspecified atom stereocenters. The van der Waals surface area contributed by atoms with Gasteiger partial charge in [-0.3, -0.25) is 0 Å². The van der Waals surface area contributed by atoms with Gasteiger partial charge in [-0.15, -0.1) is 0 Å². The maximum Gasteiger partial charge on any atom is 0.434 e. The number of nitrogens with zero attached hydrogens (tertiary/aromatic N) is 1. The molecule has 120 valence electrons. The first-order chi connectivity index (χ1) is 11.1. The number of benzene rings is 2. The Kier molecular flexibility index (Phi) is 4.32. The number of hydroxylamine groups is 2. The second-order valence-corrected chi connectivity index (χ2v) is 5.76. The van der Waals surface area contributed by atoms with Gasteiger partial charge in [0.15, 0.2) is 5.79 Å². The largest absolute Gasteiger partial charge is 0.443 e. The first-order valence-electron chi connectivity index (χ1n) is 7.51. The highest BCUT2D eigenvalue weighted by atomic mass is 16.8. The van der Waals surface area contributed by atoms with Gasteiger partial charge in [0, 0.05) is 6.42 Å². The monoisotopic (exact) mass is 313 g/mol. The van der Waals surface area contributed by atoms with Crippen LogP contribution in [0, 0.1) is 0 Å². The van der Waals surface area contributed by atoms with Gasteiger partial charge in [-0.1, -0.05) is 60.7 Å². The SMILES string of the molecule is C[C@@]1(O)CC(c2ccccc2)N(C(=O)OCc2ccccc2)O1. The van der Waals surface area contributed by atoms with Gasteiger partial charge in [-0.25, -0.2) is 9.63 Å². The lowest BCUT2D eigenvalue weighted by atomic mass is 10.0. The number of carbonyl (C=O) groups excluding carboxylic acids is 1. The highest BCUT2D eigenvalue weighted by molar-refractivity contribution is 5.67. The Morgan fingerprint density at radius 3 is 2.48 bits per heavy atom. The van der Waals surface area contributed by atoms with Gasteiger partial charge in [-0.05, 0) is 18.1 Å². The summed E-state index contributed by atoms with van der Waals surface area (Å²) in [6, 6.07) is 18.5. The maximum absolute atomic E-state index is 12.4. The van der Waals surface area contributed by atoms with Gasteiger partial charge in [-0.2, -0.15) is 5.06 Å². The lowest BCUT2D eigenvalue weighted by Gasteiger charge is -2.22. The van der Waals surface area contributed by atoms with E-state index in [1.165, 1.54) is 6.92 Å². The lowest BCUT2D eigenvalue weighted by Crippen LogP contribution is -2.32. The van der Waals surface area contributed by atoms with Gasteiger partial charge in [0.05, 0.1) is 6.04 Å². The van der Waals surface area contributed by atoms with E-state index in [1.807, 2.05) is 60.7 Å². The molecule has 2 atom stereocenters.